The van der Waals surface area contributed by atoms with Gasteiger partial charge in [0.05, 0.1) is 43.4 Å². The smallest absolute Gasteiger partial charge is 0.307 e. The molecule has 134 valence electrons. The molecule has 0 aliphatic carbocycles. The lowest BCUT2D eigenvalue weighted by Crippen LogP contribution is -2.36. The third kappa shape index (κ3) is 6.43. The first kappa shape index (κ1) is 20.3. The predicted octanol–water partition coefficient (Wildman–Crippen LogP) is 1.88. The molecule has 0 saturated carbocycles. The number of rotatable bonds is 10. The molecule has 1 aromatic rings. The van der Waals surface area contributed by atoms with Crippen LogP contribution in [-0.2, 0) is 14.3 Å². The van der Waals surface area contributed by atoms with Gasteiger partial charge in [0.25, 0.3) is 5.91 Å². The molecule has 1 rings (SSSR count). The number of nitrogens with zero attached hydrogens (tertiary/aromatic N) is 1. The first-order chi connectivity index (χ1) is 11.5. The SMILES string of the molecule is CCOC(=O)CCN(CCOCCO)C(=O)c1c(F)cccc1Cl. The van der Waals surface area contributed by atoms with E-state index in [2.05, 4.69) is 0 Å². The zero-order chi connectivity index (χ0) is 17.9. The summed E-state index contributed by atoms with van der Waals surface area (Å²) in [7, 11) is 0. The third-order valence-electron chi connectivity index (χ3n) is 3.10. The summed E-state index contributed by atoms with van der Waals surface area (Å²) in [6.45, 7) is 2.22. The van der Waals surface area contributed by atoms with Crippen molar-refractivity contribution in [1.82, 2.24) is 4.90 Å². The molecule has 0 atom stereocenters. The van der Waals surface area contributed by atoms with Crippen molar-refractivity contribution in [3.05, 3.63) is 34.6 Å². The molecule has 6 nitrogen and oxygen atoms in total. The second kappa shape index (κ2) is 11.0. The van der Waals surface area contributed by atoms with Crippen LogP contribution >= 0.6 is 11.6 Å². The van der Waals surface area contributed by atoms with E-state index in [4.69, 9.17) is 26.2 Å². The molecule has 1 amide bonds. The van der Waals surface area contributed by atoms with Crippen molar-refractivity contribution in [1.29, 1.82) is 0 Å². The Kier molecular flexibility index (Phi) is 9.29. The highest BCUT2D eigenvalue weighted by Crippen LogP contribution is 2.21. The van der Waals surface area contributed by atoms with Crippen LogP contribution in [-0.4, -0.2) is 61.4 Å². The molecule has 0 saturated heterocycles. The molecular formula is C16H21ClFNO5. The van der Waals surface area contributed by atoms with Crippen molar-refractivity contribution in [3.8, 4) is 0 Å². The third-order valence-corrected chi connectivity index (χ3v) is 3.41. The monoisotopic (exact) mass is 361 g/mol. The van der Waals surface area contributed by atoms with E-state index in [0.717, 1.165) is 6.07 Å². The summed E-state index contributed by atoms with van der Waals surface area (Å²) in [4.78, 5) is 25.3. The highest BCUT2D eigenvalue weighted by Gasteiger charge is 2.22. The van der Waals surface area contributed by atoms with Crippen LogP contribution in [0.2, 0.25) is 5.02 Å². The highest BCUT2D eigenvalue weighted by atomic mass is 35.5. The molecule has 0 bridgehead atoms. The fourth-order valence-electron chi connectivity index (χ4n) is 1.98. The predicted molar refractivity (Wildman–Crippen MR) is 86.5 cm³/mol. The first-order valence-electron chi connectivity index (χ1n) is 7.58. The Morgan fingerprint density at radius 1 is 1.29 bits per heavy atom. The maximum atomic E-state index is 13.9. The number of hydrogen-bond acceptors (Lipinski definition) is 5. The Morgan fingerprint density at radius 3 is 2.67 bits per heavy atom. The van der Waals surface area contributed by atoms with Crippen molar-refractivity contribution in [2.75, 3.05) is 39.5 Å². The number of halogens is 2. The van der Waals surface area contributed by atoms with Gasteiger partial charge in [0.15, 0.2) is 0 Å². The number of carbonyl (C=O) groups is 2. The lowest BCUT2D eigenvalue weighted by molar-refractivity contribution is -0.143. The van der Waals surface area contributed by atoms with E-state index in [-0.39, 0.29) is 56.5 Å². The van der Waals surface area contributed by atoms with Gasteiger partial charge in [0, 0.05) is 13.1 Å². The standard InChI is InChI=1S/C16H21ClFNO5/c1-2-24-14(21)6-7-19(8-10-23-11-9-20)16(22)15-12(17)4-3-5-13(15)18/h3-5,20H,2,6-11H2,1H3. The van der Waals surface area contributed by atoms with E-state index in [9.17, 15) is 14.0 Å². The van der Waals surface area contributed by atoms with Gasteiger partial charge in [-0.3, -0.25) is 9.59 Å². The summed E-state index contributed by atoms with van der Waals surface area (Å²) in [6, 6.07) is 3.97. The van der Waals surface area contributed by atoms with Crippen molar-refractivity contribution in [2.45, 2.75) is 13.3 Å². The number of hydrogen-bond donors (Lipinski definition) is 1. The Balaban J connectivity index is 2.81. The summed E-state index contributed by atoms with van der Waals surface area (Å²) in [6.07, 6.45) is -0.0222. The number of aliphatic hydroxyl groups excluding tert-OH is 1. The lowest BCUT2D eigenvalue weighted by atomic mass is 10.1. The summed E-state index contributed by atoms with van der Waals surface area (Å²) in [5.41, 5.74) is -0.245. The van der Waals surface area contributed by atoms with Crippen LogP contribution in [0.3, 0.4) is 0 Å². The Morgan fingerprint density at radius 2 is 2.04 bits per heavy atom. The molecule has 0 spiro atoms. The Hall–Kier alpha value is -1.70. The Labute approximate surface area is 145 Å². The number of aliphatic hydroxyl groups is 1. The number of carbonyl (C=O) groups excluding carboxylic acids is 2. The molecule has 1 aromatic carbocycles. The minimum absolute atomic E-state index is 0.00240. The maximum Gasteiger partial charge on any atom is 0.307 e. The summed E-state index contributed by atoms with van der Waals surface area (Å²) in [5, 5.41) is 8.69. The van der Waals surface area contributed by atoms with Crippen LogP contribution in [0.15, 0.2) is 18.2 Å². The fourth-order valence-corrected chi connectivity index (χ4v) is 2.22. The van der Waals surface area contributed by atoms with Crippen molar-refractivity contribution in [2.24, 2.45) is 0 Å². The number of benzene rings is 1. The van der Waals surface area contributed by atoms with Crippen LogP contribution in [0.1, 0.15) is 23.7 Å². The first-order valence-corrected chi connectivity index (χ1v) is 7.96. The van der Waals surface area contributed by atoms with Gasteiger partial charge in [-0.2, -0.15) is 0 Å². The van der Waals surface area contributed by atoms with Crippen molar-refractivity contribution < 1.29 is 28.6 Å². The molecule has 8 heteroatoms. The summed E-state index contributed by atoms with van der Waals surface area (Å²) in [5.74, 6) is -1.81. The minimum atomic E-state index is -0.732. The molecule has 1 N–H and O–H groups in total. The zero-order valence-corrected chi connectivity index (χ0v) is 14.2. The van der Waals surface area contributed by atoms with Gasteiger partial charge in [0.2, 0.25) is 0 Å². The average molecular weight is 362 g/mol. The zero-order valence-electron chi connectivity index (χ0n) is 13.5. The minimum Gasteiger partial charge on any atom is -0.466 e. The van der Waals surface area contributed by atoms with Gasteiger partial charge in [-0.05, 0) is 19.1 Å². The second-order valence-corrected chi connectivity index (χ2v) is 5.19. The molecule has 0 aliphatic heterocycles. The van der Waals surface area contributed by atoms with E-state index in [1.54, 1.807) is 6.92 Å². The van der Waals surface area contributed by atoms with Crippen LogP contribution in [0.25, 0.3) is 0 Å². The van der Waals surface area contributed by atoms with Gasteiger partial charge in [0.1, 0.15) is 5.82 Å². The Bertz CT molecular complexity index is 535. The maximum absolute atomic E-state index is 13.9. The normalized spacial score (nSPS) is 10.5. The topological polar surface area (TPSA) is 76.1 Å². The molecule has 0 fully saturated rings. The van der Waals surface area contributed by atoms with Crippen LogP contribution in [0.4, 0.5) is 4.39 Å². The molecule has 0 aromatic heterocycles. The van der Waals surface area contributed by atoms with E-state index in [1.165, 1.54) is 17.0 Å². The largest absolute Gasteiger partial charge is 0.466 e. The van der Waals surface area contributed by atoms with Crippen molar-refractivity contribution >= 4 is 23.5 Å². The highest BCUT2D eigenvalue weighted by molar-refractivity contribution is 6.33. The van der Waals surface area contributed by atoms with Gasteiger partial charge in [-0.25, -0.2) is 4.39 Å². The quantitative estimate of drug-likeness (QED) is 0.508. The fraction of sp³-hybridized carbons (Fsp3) is 0.500. The lowest BCUT2D eigenvalue weighted by Gasteiger charge is -2.23. The van der Waals surface area contributed by atoms with E-state index in [0.29, 0.717) is 0 Å². The second-order valence-electron chi connectivity index (χ2n) is 4.78. The summed E-state index contributed by atoms with van der Waals surface area (Å²) < 4.78 is 23.9. The van der Waals surface area contributed by atoms with Crippen molar-refractivity contribution in [3.63, 3.8) is 0 Å². The van der Waals surface area contributed by atoms with Crippen LogP contribution in [0.5, 0.6) is 0 Å². The van der Waals surface area contributed by atoms with E-state index < -0.39 is 17.7 Å². The molecule has 0 radical (unpaired) electrons. The van der Waals surface area contributed by atoms with Gasteiger partial charge in [-0.1, -0.05) is 17.7 Å². The molecule has 24 heavy (non-hydrogen) atoms. The molecule has 0 unspecified atom stereocenters. The summed E-state index contributed by atoms with van der Waals surface area (Å²) >= 11 is 5.92. The van der Waals surface area contributed by atoms with Gasteiger partial charge >= 0.3 is 5.97 Å². The van der Waals surface area contributed by atoms with Gasteiger partial charge in [-0.15, -0.1) is 0 Å². The van der Waals surface area contributed by atoms with Crippen LogP contribution in [0, 0.1) is 5.82 Å². The number of esters is 1. The van der Waals surface area contributed by atoms with Gasteiger partial charge < -0.3 is 19.5 Å². The molecule has 0 heterocycles. The number of amides is 1. The molecular weight excluding hydrogens is 341 g/mol. The van der Waals surface area contributed by atoms with E-state index in [1.807, 2.05) is 0 Å². The molecule has 0 aliphatic rings. The van der Waals surface area contributed by atoms with Crippen LogP contribution < -0.4 is 0 Å². The number of ether oxygens (including phenoxy) is 2. The van der Waals surface area contributed by atoms with E-state index >= 15 is 0 Å². The average Bonchev–Trinajstić information content (AvgIpc) is 2.54.